The standard InChI is InChI=1S/C6H15NO/c1-3-4-5-6(8)7-2/h6-8H,3-5H2,1-2H3. The maximum atomic E-state index is 8.88. The number of aliphatic hydroxyl groups is 1. The second-order valence-corrected chi connectivity index (χ2v) is 1.95. The fourth-order valence-electron chi connectivity index (χ4n) is 0.542. The Morgan fingerprint density at radius 1 is 1.62 bits per heavy atom. The summed E-state index contributed by atoms with van der Waals surface area (Å²) >= 11 is 0. The van der Waals surface area contributed by atoms with Gasteiger partial charge in [-0.2, -0.15) is 0 Å². The summed E-state index contributed by atoms with van der Waals surface area (Å²) in [5.41, 5.74) is 0. The lowest BCUT2D eigenvalue weighted by Gasteiger charge is -2.05. The molecule has 2 N–H and O–H groups in total. The van der Waals surface area contributed by atoms with Crippen LogP contribution >= 0.6 is 0 Å². The lowest BCUT2D eigenvalue weighted by molar-refractivity contribution is 0.134. The highest BCUT2D eigenvalue weighted by atomic mass is 16.3. The first-order valence-corrected chi connectivity index (χ1v) is 3.16. The van der Waals surface area contributed by atoms with Crippen molar-refractivity contribution in [3.8, 4) is 0 Å². The quantitative estimate of drug-likeness (QED) is 0.532. The Morgan fingerprint density at radius 3 is 2.62 bits per heavy atom. The van der Waals surface area contributed by atoms with Crippen molar-refractivity contribution in [1.82, 2.24) is 5.32 Å². The van der Waals surface area contributed by atoms with Gasteiger partial charge < -0.3 is 5.11 Å². The van der Waals surface area contributed by atoms with Crippen molar-refractivity contribution >= 4 is 0 Å². The summed E-state index contributed by atoms with van der Waals surface area (Å²) < 4.78 is 0. The van der Waals surface area contributed by atoms with E-state index in [0.29, 0.717) is 0 Å². The van der Waals surface area contributed by atoms with E-state index in [1.165, 1.54) is 0 Å². The molecule has 0 fully saturated rings. The van der Waals surface area contributed by atoms with Gasteiger partial charge in [0.25, 0.3) is 0 Å². The lowest BCUT2D eigenvalue weighted by Crippen LogP contribution is -2.23. The van der Waals surface area contributed by atoms with Gasteiger partial charge in [-0.3, -0.25) is 5.32 Å². The van der Waals surface area contributed by atoms with Crippen molar-refractivity contribution in [3.63, 3.8) is 0 Å². The lowest BCUT2D eigenvalue weighted by atomic mass is 10.2. The number of rotatable bonds is 4. The monoisotopic (exact) mass is 117 g/mol. The summed E-state index contributed by atoms with van der Waals surface area (Å²) in [6.45, 7) is 2.11. The van der Waals surface area contributed by atoms with E-state index in [9.17, 15) is 0 Å². The minimum Gasteiger partial charge on any atom is -0.379 e. The number of nitrogens with one attached hydrogen (secondary N) is 1. The predicted molar refractivity (Wildman–Crippen MR) is 34.6 cm³/mol. The smallest absolute Gasteiger partial charge is 0.104 e. The summed E-state index contributed by atoms with van der Waals surface area (Å²) in [6.07, 6.45) is 2.82. The summed E-state index contributed by atoms with van der Waals surface area (Å²) in [4.78, 5) is 0. The van der Waals surface area contributed by atoms with Gasteiger partial charge in [0.2, 0.25) is 0 Å². The molecule has 0 aliphatic rings. The molecule has 0 radical (unpaired) electrons. The highest BCUT2D eigenvalue weighted by molar-refractivity contribution is 4.46. The molecule has 1 atom stereocenters. The Balaban J connectivity index is 2.86. The highest BCUT2D eigenvalue weighted by Gasteiger charge is 1.95. The number of aliphatic hydroxyl groups excluding tert-OH is 1. The minimum atomic E-state index is -0.296. The minimum absolute atomic E-state index is 0.296. The molecule has 0 saturated carbocycles. The van der Waals surface area contributed by atoms with Crippen LogP contribution in [0.25, 0.3) is 0 Å². The zero-order chi connectivity index (χ0) is 6.41. The fraction of sp³-hybridized carbons (Fsp3) is 1.00. The Morgan fingerprint density at radius 2 is 2.25 bits per heavy atom. The van der Waals surface area contributed by atoms with E-state index >= 15 is 0 Å². The third-order valence-electron chi connectivity index (χ3n) is 1.16. The maximum absolute atomic E-state index is 8.88. The molecule has 0 spiro atoms. The van der Waals surface area contributed by atoms with Crippen molar-refractivity contribution < 1.29 is 5.11 Å². The van der Waals surface area contributed by atoms with Gasteiger partial charge in [0.1, 0.15) is 6.23 Å². The molecule has 0 saturated heterocycles. The third kappa shape index (κ3) is 4.09. The molecule has 0 bridgehead atoms. The van der Waals surface area contributed by atoms with Crippen molar-refractivity contribution in [1.29, 1.82) is 0 Å². The molecule has 0 heterocycles. The van der Waals surface area contributed by atoms with Gasteiger partial charge >= 0.3 is 0 Å². The molecule has 2 nitrogen and oxygen atoms in total. The molecule has 8 heavy (non-hydrogen) atoms. The van der Waals surface area contributed by atoms with Crippen molar-refractivity contribution in [3.05, 3.63) is 0 Å². The van der Waals surface area contributed by atoms with Crippen LogP contribution in [0.2, 0.25) is 0 Å². The zero-order valence-electron chi connectivity index (χ0n) is 5.65. The maximum Gasteiger partial charge on any atom is 0.104 e. The first kappa shape index (κ1) is 7.92. The predicted octanol–water partition coefficient (Wildman–Crippen LogP) is 0.714. The molecule has 0 aromatic heterocycles. The SMILES string of the molecule is CCCCC(O)NC. The topological polar surface area (TPSA) is 32.3 Å². The second-order valence-electron chi connectivity index (χ2n) is 1.95. The van der Waals surface area contributed by atoms with E-state index in [0.717, 1.165) is 19.3 Å². The Hall–Kier alpha value is -0.0800. The average Bonchev–Trinajstić information content (AvgIpc) is 1.83. The summed E-state index contributed by atoms with van der Waals surface area (Å²) in [5, 5.41) is 11.6. The zero-order valence-corrected chi connectivity index (χ0v) is 5.65. The van der Waals surface area contributed by atoms with Crippen LogP contribution in [-0.4, -0.2) is 18.4 Å². The van der Waals surface area contributed by atoms with Crippen LogP contribution in [0.4, 0.5) is 0 Å². The van der Waals surface area contributed by atoms with Gasteiger partial charge in [-0.1, -0.05) is 13.3 Å². The summed E-state index contributed by atoms with van der Waals surface area (Å²) in [6, 6.07) is 0. The van der Waals surface area contributed by atoms with E-state index in [2.05, 4.69) is 12.2 Å². The van der Waals surface area contributed by atoms with Crippen LogP contribution in [-0.2, 0) is 0 Å². The van der Waals surface area contributed by atoms with Crippen LogP contribution < -0.4 is 5.32 Å². The molecule has 0 aromatic rings. The summed E-state index contributed by atoms with van der Waals surface area (Å²) in [7, 11) is 1.76. The fourth-order valence-corrected chi connectivity index (χ4v) is 0.542. The first-order chi connectivity index (χ1) is 3.81. The van der Waals surface area contributed by atoms with Crippen LogP contribution in [0.3, 0.4) is 0 Å². The summed E-state index contributed by atoms with van der Waals surface area (Å²) in [5.74, 6) is 0. The Kier molecular flexibility index (Phi) is 5.01. The van der Waals surface area contributed by atoms with E-state index in [-0.39, 0.29) is 6.23 Å². The number of hydrogen-bond acceptors (Lipinski definition) is 2. The van der Waals surface area contributed by atoms with E-state index < -0.39 is 0 Å². The molecule has 0 amide bonds. The highest BCUT2D eigenvalue weighted by Crippen LogP contribution is 1.95. The number of hydrogen-bond donors (Lipinski definition) is 2. The van der Waals surface area contributed by atoms with Crippen LogP contribution in [0.15, 0.2) is 0 Å². The molecule has 0 aliphatic heterocycles. The number of unbranched alkanes of at least 4 members (excludes halogenated alkanes) is 1. The Bertz CT molecular complexity index is 47.8. The van der Waals surface area contributed by atoms with Gasteiger partial charge in [-0.05, 0) is 19.9 Å². The van der Waals surface area contributed by atoms with E-state index in [1.807, 2.05) is 0 Å². The molecular weight excluding hydrogens is 102 g/mol. The molecular formula is C6H15NO. The van der Waals surface area contributed by atoms with E-state index in [4.69, 9.17) is 5.11 Å². The van der Waals surface area contributed by atoms with Crippen molar-refractivity contribution in [2.24, 2.45) is 0 Å². The van der Waals surface area contributed by atoms with Gasteiger partial charge in [0.05, 0.1) is 0 Å². The average molecular weight is 117 g/mol. The molecule has 50 valence electrons. The molecule has 2 heteroatoms. The Labute approximate surface area is 50.9 Å². The van der Waals surface area contributed by atoms with Crippen LogP contribution in [0, 0.1) is 0 Å². The first-order valence-electron chi connectivity index (χ1n) is 3.16. The molecule has 0 aromatic carbocycles. The van der Waals surface area contributed by atoms with Crippen LogP contribution in [0.5, 0.6) is 0 Å². The van der Waals surface area contributed by atoms with Gasteiger partial charge in [0.15, 0.2) is 0 Å². The third-order valence-corrected chi connectivity index (χ3v) is 1.16. The van der Waals surface area contributed by atoms with Gasteiger partial charge in [0, 0.05) is 0 Å². The normalized spacial score (nSPS) is 13.9. The van der Waals surface area contributed by atoms with Crippen molar-refractivity contribution in [2.75, 3.05) is 7.05 Å². The molecule has 0 rings (SSSR count). The van der Waals surface area contributed by atoms with E-state index in [1.54, 1.807) is 7.05 Å². The molecule has 1 unspecified atom stereocenters. The molecule has 0 aliphatic carbocycles. The second kappa shape index (κ2) is 5.06. The largest absolute Gasteiger partial charge is 0.379 e. The van der Waals surface area contributed by atoms with Crippen LogP contribution in [0.1, 0.15) is 26.2 Å². The van der Waals surface area contributed by atoms with Crippen molar-refractivity contribution in [2.45, 2.75) is 32.4 Å². The van der Waals surface area contributed by atoms with Gasteiger partial charge in [-0.15, -0.1) is 0 Å². The van der Waals surface area contributed by atoms with Gasteiger partial charge in [-0.25, -0.2) is 0 Å².